The predicted molar refractivity (Wildman–Crippen MR) is 67.9 cm³/mol. The van der Waals surface area contributed by atoms with Crippen molar-refractivity contribution in [2.24, 2.45) is 7.05 Å². The van der Waals surface area contributed by atoms with Crippen LogP contribution in [0, 0.1) is 6.92 Å². The van der Waals surface area contributed by atoms with E-state index in [0.717, 1.165) is 15.6 Å². The molecule has 0 saturated carbocycles. The first kappa shape index (κ1) is 12.0. The van der Waals surface area contributed by atoms with E-state index in [4.69, 9.17) is 0 Å². The molecule has 0 aliphatic carbocycles. The molecule has 1 aromatic heterocycles. The van der Waals surface area contributed by atoms with Crippen LogP contribution in [0.3, 0.4) is 0 Å². The number of ketones is 1. The van der Waals surface area contributed by atoms with Gasteiger partial charge in [-0.1, -0.05) is 33.3 Å². The second-order valence-electron chi connectivity index (χ2n) is 3.90. The Labute approximate surface area is 108 Å². The lowest BCUT2D eigenvalue weighted by Gasteiger charge is -2.05. The zero-order valence-corrected chi connectivity index (χ0v) is 11.2. The van der Waals surface area contributed by atoms with Gasteiger partial charge in [0.05, 0.1) is 12.1 Å². The lowest BCUT2D eigenvalue weighted by atomic mass is 10.0. The van der Waals surface area contributed by atoms with Crippen molar-refractivity contribution >= 4 is 21.7 Å². The van der Waals surface area contributed by atoms with Gasteiger partial charge in [0.25, 0.3) is 0 Å². The molecule has 0 aliphatic rings. The summed E-state index contributed by atoms with van der Waals surface area (Å²) in [6.07, 6.45) is 2.04. The molecule has 0 aliphatic heterocycles. The number of hydrogen-bond donors (Lipinski definition) is 0. The standard InChI is InChI=1S/C12H12BrN3O/c1-8-10(4-3-5-11(8)13)12(17)6-9-7-16(2)15-14-9/h3-5,7H,6H2,1-2H3. The second kappa shape index (κ2) is 4.79. The predicted octanol–water partition coefficient (Wildman–Crippen LogP) is 2.31. The van der Waals surface area contributed by atoms with Gasteiger partial charge in [0, 0.05) is 23.3 Å². The summed E-state index contributed by atoms with van der Waals surface area (Å²) < 4.78 is 2.54. The molecule has 0 amide bonds. The fraction of sp³-hybridized carbons (Fsp3) is 0.250. The Morgan fingerprint density at radius 3 is 2.88 bits per heavy atom. The highest BCUT2D eigenvalue weighted by molar-refractivity contribution is 9.10. The minimum absolute atomic E-state index is 0.0595. The zero-order valence-electron chi connectivity index (χ0n) is 9.64. The van der Waals surface area contributed by atoms with E-state index in [2.05, 4.69) is 26.2 Å². The molecule has 5 heteroatoms. The first-order valence-electron chi connectivity index (χ1n) is 5.21. The van der Waals surface area contributed by atoms with E-state index >= 15 is 0 Å². The summed E-state index contributed by atoms with van der Waals surface area (Å²) in [5.41, 5.74) is 2.38. The molecular weight excluding hydrogens is 282 g/mol. The highest BCUT2D eigenvalue weighted by Crippen LogP contribution is 2.20. The normalized spacial score (nSPS) is 10.5. The summed E-state index contributed by atoms with van der Waals surface area (Å²) in [6.45, 7) is 1.92. The molecule has 1 aromatic carbocycles. The van der Waals surface area contributed by atoms with E-state index in [1.807, 2.05) is 25.1 Å². The van der Waals surface area contributed by atoms with Crippen molar-refractivity contribution in [3.63, 3.8) is 0 Å². The lowest BCUT2D eigenvalue weighted by molar-refractivity contribution is 0.0991. The summed E-state index contributed by atoms with van der Waals surface area (Å²) in [7, 11) is 1.78. The van der Waals surface area contributed by atoms with Crippen LogP contribution in [0.25, 0.3) is 0 Å². The molecule has 1 heterocycles. The van der Waals surface area contributed by atoms with Crippen molar-refractivity contribution in [2.75, 3.05) is 0 Å². The van der Waals surface area contributed by atoms with E-state index in [9.17, 15) is 4.79 Å². The number of aryl methyl sites for hydroxylation is 1. The number of rotatable bonds is 3. The molecular formula is C12H12BrN3O. The van der Waals surface area contributed by atoms with E-state index in [1.54, 1.807) is 17.9 Å². The van der Waals surface area contributed by atoms with Crippen molar-refractivity contribution in [3.8, 4) is 0 Å². The van der Waals surface area contributed by atoms with Crippen LogP contribution in [-0.4, -0.2) is 20.8 Å². The van der Waals surface area contributed by atoms with Crippen LogP contribution in [0.5, 0.6) is 0 Å². The van der Waals surface area contributed by atoms with Crippen LogP contribution < -0.4 is 0 Å². The zero-order chi connectivity index (χ0) is 12.4. The average molecular weight is 294 g/mol. The molecule has 88 valence electrons. The van der Waals surface area contributed by atoms with E-state index in [0.29, 0.717) is 5.69 Å². The topological polar surface area (TPSA) is 47.8 Å². The fourth-order valence-corrected chi connectivity index (χ4v) is 2.01. The van der Waals surface area contributed by atoms with Gasteiger partial charge >= 0.3 is 0 Å². The molecule has 2 rings (SSSR count). The largest absolute Gasteiger partial charge is 0.294 e. The Kier molecular flexibility index (Phi) is 3.38. The molecule has 4 nitrogen and oxygen atoms in total. The van der Waals surface area contributed by atoms with Crippen molar-refractivity contribution < 1.29 is 4.79 Å². The van der Waals surface area contributed by atoms with Gasteiger partial charge in [-0.2, -0.15) is 0 Å². The van der Waals surface area contributed by atoms with Crippen molar-refractivity contribution in [2.45, 2.75) is 13.3 Å². The third-order valence-electron chi connectivity index (χ3n) is 2.56. The van der Waals surface area contributed by atoms with Crippen molar-refractivity contribution in [3.05, 3.63) is 45.7 Å². The van der Waals surface area contributed by atoms with Crippen LogP contribution in [-0.2, 0) is 13.5 Å². The van der Waals surface area contributed by atoms with Crippen LogP contribution in [0.2, 0.25) is 0 Å². The second-order valence-corrected chi connectivity index (χ2v) is 4.75. The van der Waals surface area contributed by atoms with E-state index in [-0.39, 0.29) is 12.2 Å². The van der Waals surface area contributed by atoms with Gasteiger partial charge in [0.15, 0.2) is 5.78 Å². The van der Waals surface area contributed by atoms with Gasteiger partial charge in [-0.3, -0.25) is 9.48 Å². The first-order chi connectivity index (χ1) is 8.08. The smallest absolute Gasteiger partial charge is 0.169 e. The van der Waals surface area contributed by atoms with Gasteiger partial charge < -0.3 is 0 Å². The molecule has 2 aromatic rings. The maximum atomic E-state index is 12.1. The molecule has 0 radical (unpaired) electrons. The molecule has 0 spiro atoms. The third-order valence-corrected chi connectivity index (χ3v) is 3.42. The molecule has 0 bridgehead atoms. The highest BCUT2D eigenvalue weighted by atomic mass is 79.9. The summed E-state index contributed by atoms with van der Waals surface area (Å²) in [6, 6.07) is 5.62. The Hall–Kier alpha value is -1.49. The maximum Gasteiger partial charge on any atom is 0.169 e. The van der Waals surface area contributed by atoms with Crippen molar-refractivity contribution in [1.82, 2.24) is 15.0 Å². The van der Waals surface area contributed by atoms with Gasteiger partial charge in [0.2, 0.25) is 0 Å². The average Bonchev–Trinajstić information content (AvgIpc) is 2.68. The highest BCUT2D eigenvalue weighted by Gasteiger charge is 2.13. The third kappa shape index (κ3) is 2.61. The number of Topliss-reactive ketones (excluding diaryl/α,β-unsaturated/α-hetero) is 1. The Morgan fingerprint density at radius 2 is 2.24 bits per heavy atom. The number of carbonyl (C=O) groups excluding carboxylic acids is 1. The maximum absolute atomic E-state index is 12.1. The Bertz CT molecular complexity index is 563. The Morgan fingerprint density at radius 1 is 1.47 bits per heavy atom. The van der Waals surface area contributed by atoms with Gasteiger partial charge in [0.1, 0.15) is 0 Å². The van der Waals surface area contributed by atoms with E-state index in [1.165, 1.54) is 0 Å². The lowest BCUT2D eigenvalue weighted by Crippen LogP contribution is -2.06. The number of nitrogens with zero attached hydrogens (tertiary/aromatic N) is 3. The fourth-order valence-electron chi connectivity index (χ4n) is 1.65. The van der Waals surface area contributed by atoms with Crippen LogP contribution in [0.15, 0.2) is 28.9 Å². The van der Waals surface area contributed by atoms with Crippen LogP contribution in [0.1, 0.15) is 21.6 Å². The van der Waals surface area contributed by atoms with E-state index < -0.39 is 0 Å². The Balaban J connectivity index is 2.23. The van der Waals surface area contributed by atoms with Crippen molar-refractivity contribution in [1.29, 1.82) is 0 Å². The first-order valence-corrected chi connectivity index (χ1v) is 6.00. The molecule has 17 heavy (non-hydrogen) atoms. The molecule has 0 unspecified atom stereocenters. The quantitative estimate of drug-likeness (QED) is 0.816. The summed E-state index contributed by atoms with van der Waals surface area (Å²) >= 11 is 3.42. The number of carbonyl (C=O) groups is 1. The minimum Gasteiger partial charge on any atom is -0.294 e. The number of benzene rings is 1. The summed E-state index contributed by atoms with van der Waals surface area (Å²) in [5, 5.41) is 7.72. The van der Waals surface area contributed by atoms with Crippen LogP contribution >= 0.6 is 15.9 Å². The monoisotopic (exact) mass is 293 g/mol. The summed E-state index contributed by atoms with van der Waals surface area (Å²) in [5.74, 6) is 0.0595. The van der Waals surface area contributed by atoms with Gasteiger partial charge in [-0.25, -0.2) is 0 Å². The SMILES string of the molecule is Cc1c(Br)cccc1C(=O)Cc1cn(C)nn1. The molecule has 0 saturated heterocycles. The summed E-state index contributed by atoms with van der Waals surface area (Å²) in [4.78, 5) is 12.1. The van der Waals surface area contributed by atoms with Gasteiger partial charge in [-0.15, -0.1) is 5.10 Å². The van der Waals surface area contributed by atoms with Gasteiger partial charge in [-0.05, 0) is 18.6 Å². The number of aromatic nitrogens is 3. The molecule has 0 N–H and O–H groups in total. The molecule has 0 atom stereocenters. The minimum atomic E-state index is 0.0595. The van der Waals surface area contributed by atoms with Crippen LogP contribution in [0.4, 0.5) is 0 Å². The molecule has 0 fully saturated rings. The number of halogens is 1. The number of hydrogen-bond acceptors (Lipinski definition) is 3.